The third kappa shape index (κ3) is 4.57. The molecule has 1 spiro atoms. The van der Waals surface area contributed by atoms with Crippen molar-refractivity contribution in [1.29, 1.82) is 0 Å². The molecule has 0 radical (unpaired) electrons. The van der Waals surface area contributed by atoms with Gasteiger partial charge in [-0.1, -0.05) is 151 Å². The molecule has 2 unspecified atom stereocenters. The molecule has 51 heavy (non-hydrogen) atoms. The predicted molar refractivity (Wildman–Crippen MR) is 219 cm³/mol. The lowest BCUT2D eigenvalue weighted by atomic mass is 9.53. The van der Waals surface area contributed by atoms with Gasteiger partial charge in [0.1, 0.15) is 0 Å². The summed E-state index contributed by atoms with van der Waals surface area (Å²) in [5, 5.41) is 2.89. The highest BCUT2D eigenvalue weighted by molar-refractivity contribution is 6.10. The van der Waals surface area contributed by atoms with Crippen molar-refractivity contribution in [3.05, 3.63) is 129 Å². The number of hydrogen-bond donors (Lipinski definition) is 0. The third-order valence-electron chi connectivity index (χ3n) is 14.7. The van der Waals surface area contributed by atoms with Crippen LogP contribution >= 0.6 is 0 Å². The maximum atomic E-state index is 2.91. The van der Waals surface area contributed by atoms with Crippen molar-refractivity contribution >= 4 is 21.9 Å². The van der Waals surface area contributed by atoms with E-state index < -0.39 is 0 Å². The minimum absolute atomic E-state index is 0.0708. The van der Waals surface area contributed by atoms with Crippen molar-refractivity contribution < 1.29 is 0 Å². The van der Waals surface area contributed by atoms with E-state index in [0.29, 0.717) is 23.7 Å². The Kier molecular flexibility index (Phi) is 7.96. The monoisotopic (exact) mass is 670 g/mol. The maximum absolute atomic E-state index is 2.91. The molecule has 262 valence electrons. The van der Waals surface area contributed by atoms with Crippen LogP contribution in [0.4, 0.5) is 0 Å². The summed E-state index contributed by atoms with van der Waals surface area (Å²) in [6.45, 7) is 17.1. The van der Waals surface area contributed by atoms with Crippen molar-refractivity contribution in [3.63, 3.8) is 0 Å². The second kappa shape index (κ2) is 12.2. The van der Waals surface area contributed by atoms with Crippen LogP contribution in [0.2, 0.25) is 0 Å². The summed E-state index contributed by atoms with van der Waals surface area (Å²) in [6.07, 6.45) is 18.4. The topological polar surface area (TPSA) is 0 Å². The van der Waals surface area contributed by atoms with E-state index in [1.165, 1.54) is 96.4 Å². The van der Waals surface area contributed by atoms with E-state index in [1.54, 1.807) is 44.5 Å². The van der Waals surface area contributed by atoms with Crippen LogP contribution in [0.25, 0.3) is 33.0 Å². The standard InChI is InChI=1S/C51H58/c1-8-32(9-2)37-29-42(33(10-3)11-4)46(34-17-13-12-14-18-34)51(30-37)44-26-25-40-43-28-35-19-15-16-20-38(35)47(43)50(6,7)49(40)45(44)41-24-22-36-27-31(5)21-23-39(36)48(41)51/h15-16,19-27,29-30,32-34,46H,8-14,17-18,28H2,1-7H3. The van der Waals surface area contributed by atoms with Crippen molar-refractivity contribution in [2.75, 3.05) is 0 Å². The summed E-state index contributed by atoms with van der Waals surface area (Å²) < 4.78 is 0. The first-order chi connectivity index (χ1) is 24.8. The number of aryl methyl sites for hydroxylation is 1. The lowest BCUT2D eigenvalue weighted by Gasteiger charge is -2.49. The molecule has 0 nitrogen and oxygen atoms in total. The average molecular weight is 671 g/mol. The van der Waals surface area contributed by atoms with Gasteiger partial charge in [-0.3, -0.25) is 0 Å². The van der Waals surface area contributed by atoms with Crippen molar-refractivity contribution in [2.24, 2.45) is 23.7 Å². The highest BCUT2D eigenvalue weighted by Crippen LogP contribution is 2.67. The molecule has 0 aliphatic heterocycles. The molecule has 0 N–H and O–H groups in total. The van der Waals surface area contributed by atoms with Crippen LogP contribution in [0, 0.1) is 30.6 Å². The number of rotatable bonds is 7. The minimum Gasteiger partial charge on any atom is -0.0654 e. The summed E-state index contributed by atoms with van der Waals surface area (Å²) in [5.41, 5.74) is 20.1. The molecule has 4 aromatic rings. The van der Waals surface area contributed by atoms with E-state index in [0.717, 1.165) is 6.42 Å². The molecule has 1 fully saturated rings. The first-order valence-electron chi connectivity index (χ1n) is 20.8. The van der Waals surface area contributed by atoms with Gasteiger partial charge in [-0.2, -0.15) is 0 Å². The van der Waals surface area contributed by atoms with Gasteiger partial charge >= 0.3 is 0 Å². The average Bonchev–Trinajstić information content (AvgIpc) is 3.74. The molecule has 9 rings (SSSR count). The quantitative estimate of drug-likeness (QED) is 0.184. The van der Waals surface area contributed by atoms with E-state index in [2.05, 4.69) is 127 Å². The van der Waals surface area contributed by atoms with E-state index >= 15 is 0 Å². The molecule has 0 aromatic heterocycles. The minimum atomic E-state index is -0.178. The Bertz CT molecular complexity index is 2150. The van der Waals surface area contributed by atoms with Crippen LogP contribution in [-0.2, 0) is 17.3 Å². The van der Waals surface area contributed by atoms with Crippen molar-refractivity contribution in [3.8, 4) is 11.1 Å². The predicted octanol–water partition coefficient (Wildman–Crippen LogP) is 14.1. The Morgan fingerprint density at radius 1 is 0.725 bits per heavy atom. The smallest absolute Gasteiger partial charge is 0.0474 e. The van der Waals surface area contributed by atoms with E-state index in [4.69, 9.17) is 0 Å². The van der Waals surface area contributed by atoms with Gasteiger partial charge in [-0.15, -0.1) is 0 Å². The summed E-state index contributed by atoms with van der Waals surface area (Å²) in [7, 11) is 0. The molecule has 5 aliphatic rings. The molecule has 0 bridgehead atoms. The molecule has 4 aromatic carbocycles. The fourth-order valence-corrected chi connectivity index (χ4v) is 12.4. The highest BCUT2D eigenvalue weighted by atomic mass is 14.6. The van der Waals surface area contributed by atoms with Gasteiger partial charge in [0.05, 0.1) is 0 Å². The van der Waals surface area contributed by atoms with E-state index in [-0.39, 0.29) is 10.8 Å². The number of benzene rings is 4. The lowest BCUT2D eigenvalue weighted by molar-refractivity contribution is 0.210. The molecule has 1 saturated carbocycles. The molecule has 0 heterocycles. The van der Waals surface area contributed by atoms with E-state index in [9.17, 15) is 0 Å². The van der Waals surface area contributed by atoms with Crippen LogP contribution in [0.15, 0.2) is 90.0 Å². The van der Waals surface area contributed by atoms with Crippen molar-refractivity contribution in [1.82, 2.24) is 0 Å². The first-order valence-corrected chi connectivity index (χ1v) is 20.8. The Labute approximate surface area is 308 Å². The fourth-order valence-electron chi connectivity index (χ4n) is 12.4. The largest absolute Gasteiger partial charge is 0.0654 e. The van der Waals surface area contributed by atoms with Crippen LogP contribution in [0.5, 0.6) is 0 Å². The van der Waals surface area contributed by atoms with Crippen LogP contribution in [0.3, 0.4) is 0 Å². The Balaban J connectivity index is 1.41. The molecular formula is C51H58. The second-order valence-electron chi connectivity index (χ2n) is 17.5. The summed E-state index contributed by atoms with van der Waals surface area (Å²) >= 11 is 0. The van der Waals surface area contributed by atoms with Crippen LogP contribution in [-0.4, -0.2) is 0 Å². The zero-order valence-electron chi connectivity index (χ0n) is 32.4. The third-order valence-corrected chi connectivity index (χ3v) is 14.7. The summed E-state index contributed by atoms with van der Waals surface area (Å²) in [5.74, 6) is 2.37. The van der Waals surface area contributed by atoms with Crippen LogP contribution < -0.4 is 0 Å². The van der Waals surface area contributed by atoms with Crippen molar-refractivity contribution in [2.45, 2.75) is 124 Å². The highest BCUT2D eigenvalue weighted by Gasteiger charge is 2.56. The molecular weight excluding hydrogens is 613 g/mol. The Morgan fingerprint density at radius 2 is 1.45 bits per heavy atom. The van der Waals surface area contributed by atoms with Gasteiger partial charge in [0, 0.05) is 16.7 Å². The Morgan fingerprint density at radius 3 is 2.20 bits per heavy atom. The number of allylic oxidation sites excluding steroid dienone is 6. The molecule has 5 aliphatic carbocycles. The first kappa shape index (κ1) is 33.2. The normalized spacial score (nSPS) is 23.1. The van der Waals surface area contributed by atoms with Gasteiger partial charge in [-0.25, -0.2) is 0 Å². The molecule has 0 amide bonds. The summed E-state index contributed by atoms with van der Waals surface area (Å²) in [6, 6.07) is 26.9. The second-order valence-corrected chi connectivity index (χ2v) is 17.5. The lowest BCUT2D eigenvalue weighted by Crippen LogP contribution is -2.43. The van der Waals surface area contributed by atoms with Gasteiger partial charge in [0.15, 0.2) is 0 Å². The molecule has 0 heteroatoms. The SMILES string of the molecule is CCC(CC)C1=CC2(c3ccc4c(c3-c3ccc5cc(C)ccc5c32)C(C)(C)C2=C4Cc3ccccc32)C(C2CCCCC2)C(C(CC)CC)=C1. The number of fused-ring (bicyclic) bond motifs is 12. The number of hydrogen-bond acceptors (Lipinski definition) is 0. The van der Waals surface area contributed by atoms with Gasteiger partial charge in [0.2, 0.25) is 0 Å². The van der Waals surface area contributed by atoms with Gasteiger partial charge < -0.3 is 0 Å². The maximum Gasteiger partial charge on any atom is 0.0474 e. The van der Waals surface area contributed by atoms with Gasteiger partial charge in [0.25, 0.3) is 0 Å². The van der Waals surface area contributed by atoms with E-state index in [1.807, 2.05) is 0 Å². The summed E-state index contributed by atoms with van der Waals surface area (Å²) in [4.78, 5) is 0. The zero-order valence-corrected chi connectivity index (χ0v) is 32.4. The zero-order chi connectivity index (χ0) is 35.2. The van der Waals surface area contributed by atoms with Crippen LogP contribution in [0.1, 0.15) is 138 Å². The molecule has 0 saturated heterocycles. The Hall–Kier alpha value is -3.64. The van der Waals surface area contributed by atoms with Gasteiger partial charge in [-0.05, 0) is 142 Å². The fraction of sp³-hybridized carbons (Fsp3) is 0.451. The molecule has 2 atom stereocenters.